The first-order valence-electron chi connectivity index (χ1n) is 10.1. The maximum atomic E-state index is 12.5. The first-order valence-corrected chi connectivity index (χ1v) is 10.1. The zero-order valence-electron chi connectivity index (χ0n) is 16.0. The molecule has 1 aliphatic heterocycles. The molecule has 1 spiro atoms. The van der Waals surface area contributed by atoms with Crippen molar-refractivity contribution in [2.75, 3.05) is 6.61 Å². The number of carbonyl (C=O) groups is 1. The predicted octanol–water partition coefficient (Wildman–Crippen LogP) is 4.87. The molecular weight excluding hydrogens is 300 g/mol. The Morgan fingerprint density at radius 2 is 1.83 bits per heavy atom. The molecule has 0 radical (unpaired) electrons. The van der Waals surface area contributed by atoms with Crippen LogP contribution in [0.3, 0.4) is 0 Å². The van der Waals surface area contributed by atoms with Gasteiger partial charge in [0.25, 0.3) is 0 Å². The highest BCUT2D eigenvalue weighted by molar-refractivity contribution is 5.73. The van der Waals surface area contributed by atoms with Crippen LogP contribution in [-0.2, 0) is 14.3 Å². The molecule has 1 saturated heterocycles. The van der Waals surface area contributed by atoms with Gasteiger partial charge in [0.15, 0.2) is 0 Å². The van der Waals surface area contributed by atoms with Gasteiger partial charge in [-0.1, -0.05) is 27.2 Å². The van der Waals surface area contributed by atoms with Gasteiger partial charge in [-0.15, -0.1) is 0 Å². The standard InChI is InChI=1S/C21H34O3/c1-5-23-20-11-7-16-19(4)10-6-9-18(2,3)15(19)8-12-21(16,14-20)24-17(22)13-20/h15-16H,5-14H2,1-4H3/t15?,16-,19+,20-,21-/m1/s1. The van der Waals surface area contributed by atoms with Gasteiger partial charge in [-0.3, -0.25) is 4.79 Å². The Morgan fingerprint density at radius 1 is 1.08 bits per heavy atom. The normalized spacial score (nSPS) is 49.8. The number of ether oxygens (including phenoxy) is 2. The average molecular weight is 335 g/mol. The Labute approximate surface area is 146 Å². The summed E-state index contributed by atoms with van der Waals surface area (Å²) in [5.74, 6) is 1.26. The van der Waals surface area contributed by atoms with Crippen LogP contribution in [-0.4, -0.2) is 23.8 Å². The molecule has 2 bridgehead atoms. The van der Waals surface area contributed by atoms with E-state index in [-0.39, 0.29) is 17.2 Å². The van der Waals surface area contributed by atoms with E-state index < -0.39 is 0 Å². The van der Waals surface area contributed by atoms with Gasteiger partial charge in [0.05, 0.1) is 12.0 Å². The molecule has 24 heavy (non-hydrogen) atoms. The second kappa shape index (κ2) is 5.22. The Kier molecular flexibility index (Phi) is 3.67. The highest BCUT2D eigenvalue weighted by Gasteiger charge is 2.66. The minimum absolute atomic E-state index is 0.0171. The topological polar surface area (TPSA) is 35.5 Å². The molecule has 3 heteroatoms. The van der Waals surface area contributed by atoms with Crippen molar-refractivity contribution in [2.24, 2.45) is 22.7 Å². The van der Waals surface area contributed by atoms with Gasteiger partial charge in [-0.05, 0) is 62.2 Å². The minimum Gasteiger partial charge on any atom is -0.459 e. The first kappa shape index (κ1) is 16.9. The summed E-state index contributed by atoms with van der Waals surface area (Å²) in [6.45, 7) is 10.2. The van der Waals surface area contributed by atoms with E-state index in [0.29, 0.717) is 29.8 Å². The Balaban J connectivity index is 1.71. The third kappa shape index (κ3) is 2.22. The Morgan fingerprint density at radius 3 is 2.58 bits per heavy atom. The molecule has 4 aliphatic rings. The lowest BCUT2D eigenvalue weighted by Gasteiger charge is -2.66. The summed E-state index contributed by atoms with van der Waals surface area (Å²) in [5, 5.41) is 0. The van der Waals surface area contributed by atoms with Crippen molar-refractivity contribution in [3.63, 3.8) is 0 Å². The summed E-state index contributed by atoms with van der Waals surface area (Å²) in [4.78, 5) is 12.5. The molecule has 1 heterocycles. The molecule has 0 N–H and O–H groups in total. The monoisotopic (exact) mass is 334 g/mol. The number of hydrogen-bond acceptors (Lipinski definition) is 3. The van der Waals surface area contributed by atoms with Gasteiger partial charge in [0, 0.05) is 18.9 Å². The van der Waals surface area contributed by atoms with Crippen molar-refractivity contribution in [1.82, 2.24) is 0 Å². The molecule has 0 aromatic heterocycles. The minimum atomic E-state index is -0.249. The summed E-state index contributed by atoms with van der Waals surface area (Å²) in [6.07, 6.45) is 9.80. The fraction of sp³-hybridized carbons (Fsp3) is 0.952. The molecule has 0 amide bonds. The number of rotatable bonds is 2. The van der Waals surface area contributed by atoms with Crippen LogP contribution in [0.4, 0.5) is 0 Å². The van der Waals surface area contributed by atoms with E-state index in [9.17, 15) is 4.79 Å². The predicted molar refractivity (Wildman–Crippen MR) is 93.6 cm³/mol. The summed E-state index contributed by atoms with van der Waals surface area (Å²) in [6, 6.07) is 0. The van der Waals surface area contributed by atoms with Crippen molar-refractivity contribution in [1.29, 1.82) is 0 Å². The van der Waals surface area contributed by atoms with Crippen molar-refractivity contribution in [3.8, 4) is 0 Å². The number of hydrogen-bond donors (Lipinski definition) is 0. The van der Waals surface area contributed by atoms with E-state index in [2.05, 4.69) is 27.7 Å². The fourth-order valence-electron chi connectivity index (χ4n) is 7.63. The van der Waals surface area contributed by atoms with E-state index >= 15 is 0 Å². The van der Waals surface area contributed by atoms with Crippen molar-refractivity contribution in [3.05, 3.63) is 0 Å². The quantitative estimate of drug-likeness (QED) is 0.676. The van der Waals surface area contributed by atoms with E-state index in [4.69, 9.17) is 9.47 Å². The SMILES string of the molecule is CCO[C@@]12CC[C@H]3[C@@](CCC4C(C)(C)CCC[C@@]43C)(C1)OC(=O)C2. The molecular formula is C21H34O3. The molecule has 5 atom stereocenters. The molecule has 4 fully saturated rings. The Bertz CT molecular complexity index is 541. The summed E-state index contributed by atoms with van der Waals surface area (Å²) in [5.41, 5.74) is 0.243. The molecule has 1 unspecified atom stereocenters. The number of esters is 1. The smallest absolute Gasteiger partial charge is 0.309 e. The lowest BCUT2D eigenvalue weighted by atomic mass is 9.42. The van der Waals surface area contributed by atoms with Crippen molar-refractivity contribution in [2.45, 2.75) is 96.7 Å². The lowest BCUT2D eigenvalue weighted by Crippen LogP contribution is -2.67. The molecule has 3 saturated carbocycles. The van der Waals surface area contributed by atoms with E-state index in [0.717, 1.165) is 31.6 Å². The molecule has 136 valence electrons. The lowest BCUT2D eigenvalue weighted by molar-refractivity contribution is -0.265. The number of fused-ring (bicyclic) bond motifs is 3. The summed E-state index contributed by atoms with van der Waals surface area (Å²) >= 11 is 0. The van der Waals surface area contributed by atoms with Crippen LogP contribution in [0.25, 0.3) is 0 Å². The van der Waals surface area contributed by atoms with Crippen LogP contribution in [0.1, 0.15) is 85.5 Å². The second-order valence-electron chi connectivity index (χ2n) is 10.0. The third-order valence-corrected chi connectivity index (χ3v) is 8.31. The third-order valence-electron chi connectivity index (χ3n) is 8.31. The largest absolute Gasteiger partial charge is 0.459 e. The van der Waals surface area contributed by atoms with Gasteiger partial charge < -0.3 is 9.47 Å². The van der Waals surface area contributed by atoms with Crippen LogP contribution >= 0.6 is 0 Å². The molecule has 3 nitrogen and oxygen atoms in total. The van der Waals surface area contributed by atoms with Crippen LogP contribution < -0.4 is 0 Å². The van der Waals surface area contributed by atoms with Gasteiger partial charge in [-0.2, -0.15) is 0 Å². The highest BCUT2D eigenvalue weighted by Crippen LogP contribution is 2.67. The molecule has 0 aromatic carbocycles. The first-order chi connectivity index (χ1) is 11.3. The van der Waals surface area contributed by atoms with E-state index in [1.165, 1.54) is 25.7 Å². The van der Waals surface area contributed by atoms with E-state index in [1.54, 1.807) is 0 Å². The number of carbonyl (C=O) groups excluding carboxylic acids is 1. The van der Waals surface area contributed by atoms with Crippen LogP contribution in [0.15, 0.2) is 0 Å². The van der Waals surface area contributed by atoms with Crippen molar-refractivity contribution < 1.29 is 14.3 Å². The second-order valence-corrected chi connectivity index (χ2v) is 10.0. The van der Waals surface area contributed by atoms with Crippen molar-refractivity contribution >= 4 is 5.97 Å². The molecule has 3 aliphatic carbocycles. The molecule has 4 rings (SSSR count). The summed E-state index contributed by atoms with van der Waals surface area (Å²) in [7, 11) is 0. The van der Waals surface area contributed by atoms with E-state index in [1.807, 2.05) is 0 Å². The van der Waals surface area contributed by atoms with Crippen LogP contribution in [0.5, 0.6) is 0 Å². The maximum Gasteiger partial charge on any atom is 0.309 e. The average Bonchev–Trinajstić information content (AvgIpc) is 2.44. The molecule has 0 aromatic rings. The zero-order valence-corrected chi connectivity index (χ0v) is 16.0. The van der Waals surface area contributed by atoms with Gasteiger partial charge in [0.1, 0.15) is 5.60 Å². The maximum absolute atomic E-state index is 12.5. The summed E-state index contributed by atoms with van der Waals surface area (Å²) < 4.78 is 12.3. The Hall–Kier alpha value is -0.570. The van der Waals surface area contributed by atoms with Crippen LogP contribution in [0.2, 0.25) is 0 Å². The van der Waals surface area contributed by atoms with Gasteiger partial charge in [0.2, 0.25) is 0 Å². The van der Waals surface area contributed by atoms with Crippen LogP contribution in [0, 0.1) is 22.7 Å². The van der Waals surface area contributed by atoms with Gasteiger partial charge in [-0.25, -0.2) is 0 Å². The zero-order chi connectivity index (χ0) is 17.2. The highest BCUT2D eigenvalue weighted by atomic mass is 16.6. The fourth-order valence-corrected chi connectivity index (χ4v) is 7.63. The van der Waals surface area contributed by atoms with Gasteiger partial charge >= 0.3 is 5.97 Å².